The van der Waals surface area contributed by atoms with Crippen molar-refractivity contribution in [1.82, 2.24) is 30.8 Å². The van der Waals surface area contributed by atoms with E-state index in [1.54, 1.807) is 5.32 Å². The van der Waals surface area contributed by atoms with Crippen LogP contribution in [0.15, 0.2) is 24.3 Å². The normalized spacial score (nSPS) is 11.2. The zero-order valence-electron chi connectivity index (χ0n) is 11.8. The fourth-order valence-electron chi connectivity index (χ4n) is 1.54. The second-order valence-corrected chi connectivity index (χ2v) is 4.50. The molecule has 2 aromatic rings. The molecule has 0 radical (unpaired) electrons. The molecule has 0 atom stereocenters. The van der Waals surface area contributed by atoms with Crippen LogP contribution in [-0.4, -0.2) is 44.9 Å². The second kappa shape index (κ2) is 7.02. The van der Waals surface area contributed by atoms with Crippen LogP contribution in [0, 0.1) is 5.82 Å². The largest absolute Gasteiger partial charge is 0.405 e. The summed E-state index contributed by atoms with van der Waals surface area (Å²) in [5.74, 6) is -1.27. The second-order valence-electron chi connectivity index (χ2n) is 4.50. The standard InChI is InChI=1S/C12H10F4N6O2/c13-8-3-1-7(2-4-8)10-19-21-22(20-10)5-9(23)18-11(24)17-6-12(14,15)16/h1-4H,5-6H2,(H2,17,18,23,24). The fraction of sp³-hybridized carbons (Fsp3) is 0.250. The van der Waals surface area contributed by atoms with Crippen LogP contribution in [0.25, 0.3) is 11.4 Å². The summed E-state index contributed by atoms with van der Waals surface area (Å²) < 4.78 is 48.5. The van der Waals surface area contributed by atoms with Crippen LogP contribution in [-0.2, 0) is 11.3 Å². The van der Waals surface area contributed by atoms with Crippen LogP contribution in [0.3, 0.4) is 0 Å². The number of nitrogens with zero attached hydrogens (tertiary/aromatic N) is 4. The van der Waals surface area contributed by atoms with Gasteiger partial charge < -0.3 is 5.32 Å². The van der Waals surface area contributed by atoms with Crippen LogP contribution >= 0.6 is 0 Å². The summed E-state index contributed by atoms with van der Waals surface area (Å²) >= 11 is 0. The maximum Gasteiger partial charge on any atom is 0.405 e. The van der Waals surface area contributed by atoms with Gasteiger partial charge in [0, 0.05) is 5.56 Å². The molecule has 0 aliphatic carbocycles. The monoisotopic (exact) mass is 346 g/mol. The average Bonchev–Trinajstić information content (AvgIpc) is 2.93. The molecule has 0 bridgehead atoms. The zero-order valence-corrected chi connectivity index (χ0v) is 11.8. The summed E-state index contributed by atoms with van der Waals surface area (Å²) in [5, 5.41) is 14.2. The zero-order chi connectivity index (χ0) is 17.7. The van der Waals surface area contributed by atoms with Crippen LogP contribution in [0.2, 0.25) is 0 Å². The highest BCUT2D eigenvalue weighted by molar-refractivity contribution is 5.94. The first kappa shape index (κ1) is 17.3. The van der Waals surface area contributed by atoms with Crippen LogP contribution in [0.1, 0.15) is 0 Å². The van der Waals surface area contributed by atoms with Crippen LogP contribution in [0.4, 0.5) is 22.4 Å². The Balaban J connectivity index is 1.88. The van der Waals surface area contributed by atoms with Crippen molar-refractivity contribution >= 4 is 11.9 Å². The van der Waals surface area contributed by atoms with E-state index in [1.807, 2.05) is 0 Å². The van der Waals surface area contributed by atoms with Gasteiger partial charge in [0.05, 0.1) is 0 Å². The van der Waals surface area contributed by atoms with Gasteiger partial charge in [-0.15, -0.1) is 10.2 Å². The van der Waals surface area contributed by atoms with Gasteiger partial charge >= 0.3 is 12.2 Å². The Morgan fingerprint density at radius 2 is 1.83 bits per heavy atom. The molecule has 8 nitrogen and oxygen atoms in total. The van der Waals surface area contributed by atoms with Gasteiger partial charge in [0.1, 0.15) is 18.9 Å². The number of nitrogens with one attached hydrogen (secondary N) is 2. The van der Waals surface area contributed by atoms with Crippen LogP contribution in [0.5, 0.6) is 0 Å². The molecule has 1 aromatic heterocycles. The van der Waals surface area contributed by atoms with E-state index in [1.165, 1.54) is 29.6 Å². The van der Waals surface area contributed by atoms with E-state index >= 15 is 0 Å². The number of amides is 3. The molecule has 0 aliphatic heterocycles. The molecule has 1 aromatic carbocycles. The number of benzene rings is 1. The minimum absolute atomic E-state index is 0.115. The Labute approximate surface area is 131 Å². The van der Waals surface area contributed by atoms with Gasteiger partial charge in [-0.05, 0) is 29.5 Å². The highest BCUT2D eigenvalue weighted by Crippen LogP contribution is 2.13. The first-order valence-corrected chi connectivity index (χ1v) is 6.41. The van der Waals surface area contributed by atoms with Gasteiger partial charge in [0.25, 0.3) is 5.91 Å². The Bertz CT molecular complexity index is 728. The predicted molar refractivity (Wildman–Crippen MR) is 70.8 cm³/mol. The van der Waals surface area contributed by atoms with Crippen molar-refractivity contribution in [2.75, 3.05) is 6.54 Å². The quantitative estimate of drug-likeness (QED) is 0.800. The molecular formula is C12H10F4N6O2. The first-order valence-electron chi connectivity index (χ1n) is 6.41. The van der Waals surface area contributed by atoms with Crippen LogP contribution < -0.4 is 10.6 Å². The molecule has 24 heavy (non-hydrogen) atoms. The lowest BCUT2D eigenvalue weighted by molar-refractivity contribution is -0.125. The lowest BCUT2D eigenvalue weighted by Crippen LogP contribution is -2.44. The van der Waals surface area contributed by atoms with E-state index in [9.17, 15) is 27.2 Å². The third kappa shape index (κ3) is 5.30. The molecule has 0 spiro atoms. The summed E-state index contributed by atoms with van der Waals surface area (Å²) in [6, 6.07) is 3.89. The molecule has 0 saturated carbocycles. The lowest BCUT2D eigenvalue weighted by Gasteiger charge is -2.08. The summed E-state index contributed by atoms with van der Waals surface area (Å²) in [7, 11) is 0. The first-order chi connectivity index (χ1) is 11.2. The number of halogens is 4. The summed E-state index contributed by atoms with van der Waals surface area (Å²) in [4.78, 5) is 23.4. The van der Waals surface area contributed by atoms with Gasteiger partial charge in [0.2, 0.25) is 5.82 Å². The molecule has 0 saturated heterocycles. The van der Waals surface area contributed by atoms with E-state index < -0.39 is 37.0 Å². The van der Waals surface area contributed by atoms with Crippen molar-refractivity contribution in [1.29, 1.82) is 0 Å². The Morgan fingerprint density at radius 3 is 2.46 bits per heavy atom. The maximum absolute atomic E-state index is 12.8. The smallest absolute Gasteiger partial charge is 0.329 e. The molecule has 3 amide bonds. The van der Waals surface area contributed by atoms with E-state index in [-0.39, 0.29) is 5.82 Å². The molecule has 2 rings (SSSR count). The molecule has 12 heteroatoms. The number of urea groups is 1. The highest BCUT2D eigenvalue weighted by Gasteiger charge is 2.28. The van der Waals surface area contributed by atoms with E-state index in [0.29, 0.717) is 5.56 Å². The topological polar surface area (TPSA) is 102 Å². The number of alkyl halides is 3. The SMILES string of the molecule is O=C(Cn1nnc(-c2ccc(F)cc2)n1)NC(=O)NCC(F)(F)F. The van der Waals surface area contributed by atoms with E-state index in [4.69, 9.17) is 0 Å². The predicted octanol–water partition coefficient (Wildman–Crippen LogP) is 0.867. The lowest BCUT2D eigenvalue weighted by atomic mass is 10.2. The van der Waals surface area contributed by atoms with E-state index in [0.717, 1.165) is 4.80 Å². The Hall–Kier alpha value is -3.05. The van der Waals surface area contributed by atoms with Gasteiger partial charge in [-0.2, -0.15) is 18.0 Å². The number of hydrogen-bond acceptors (Lipinski definition) is 5. The van der Waals surface area contributed by atoms with Gasteiger partial charge in [-0.25, -0.2) is 9.18 Å². The summed E-state index contributed by atoms with van der Waals surface area (Å²) in [5.41, 5.74) is 0.450. The third-order valence-electron chi connectivity index (χ3n) is 2.54. The number of tetrazole rings is 1. The van der Waals surface area contributed by atoms with Crippen molar-refractivity contribution in [3.8, 4) is 11.4 Å². The van der Waals surface area contributed by atoms with Crippen molar-refractivity contribution in [3.05, 3.63) is 30.1 Å². The Kier molecular flexibility index (Phi) is 5.06. The number of carbonyl (C=O) groups is 2. The molecule has 2 N–H and O–H groups in total. The average molecular weight is 346 g/mol. The van der Waals surface area contributed by atoms with Crippen molar-refractivity contribution in [2.45, 2.75) is 12.7 Å². The van der Waals surface area contributed by atoms with Crippen molar-refractivity contribution in [3.63, 3.8) is 0 Å². The maximum atomic E-state index is 12.8. The summed E-state index contributed by atoms with van der Waals surface area (Å²) in [6.45, 7) is -2.10. The van der Waals surface area contributed by atoms with E-state index in [2.05, 4.69) is 15.4 Å². The molecule has 1 heterocycles. The molecule has 128 valence electrons. The van der Waals surface area contributed by atoms with Gasteiger partial charge in [-0.3, -0.25) is 10.1 Å². The minimum Gasteiger partial charge on any atom is -0.329 e. The third-order valence-corrected chi connectivity index (χ3v) is 2.54. The number of hydrogen-bond donors (Lipinski definition) is 2. The number of aromatic nitrogens is 4. The van der Waals surface area contributed by atoms with Crippen molar-refractivity contribution < 1.29 is 27.2 Å². The number of imide groups is 1. The number of carbonyl (C=O) groups excluding carboxylic acids is 2. The molecule has 0 unspecified atom stereocenters. The Morgan fingerprint density at radius 1 is 1.17 bits per heavy atom. The number of rotatable bonds is 4. The summed E-state index contributed by atoms with van der Waals surface area (Å²) in [6.07, 6.45) is -4.59. The molecule has 0 aliphatic rings. The minimum atomic E-state index is -4.59. The van der Waals surface area contributed by atoms with Gasteiger partial charge in [-0.1, -0.05) is 0 Å². The van der Waals surface area contributed by atoms with Crippen molar-refractivity contribution in [2.24, 2.45) is 0 Å². The fourth-order valence-corrected chi connectivity index (χ4v) is 1.54. The molecule has 0 fully saturated rings. The van der Waals surface area contributed by atoms with Gasteiger partial charge in [0.15, 0.2) is 0 Å². The highest BCUT2D eigenvalue weighted by atomic mass is 19.4. The molecular weight excluding hydrogens is 336 g/mol.